The van der Waals surface area contributed by atoms with Gasteiger partial charge in [-0.3, -0.25) is 0 Å². The van der Waals surface area contributed by atoms with Gasteiger partial charge in [-0.25, -0.2) is 19.7 Å². The zero-order valence-electron chi connectivity index (χ0n) is 18.5. The molecule has 1 saturated heterocycles. The molecular formula is C23H27N7O2. The fourth-order valence-electron chi connectivity index (χ4n) is 3.53. The smallest absolute Gasteiger partial charge is 0.321 e. The minimum absolute atomic E-state index is 0.110. The standard InChI is InChI=1S/C23H27N7O2/c1-16-8-9-24-20(14-16)28-21-15-22(26-17(2)25-21)29-10-12-30(13-11-29)23(31)27-18-4-6-19(32-3)7-5-18/h4-9,14-15H,10-13H2,1-3H3,(H,27,31)(H,24,25,26,28). The van der Waals surface area contributed by atoms with Crippen LogP contribution in [-0.2, 0) is 0 Å². The van der Waals surface area contributed by atoms with Crippen molar-refractivity contribution in [3.8, 4) is 5.75 Å². The maximum Gasteiger partial charge on any atom is 0.321 e. The Labute approximate surface area is 187 Å². The number of carbonyl (C=O) groups excluding carboxylic acids is 1. The van der Waals surface area contributed by atoms with Crippen LogP contribution in [0.15, 0.2) is 48.7 Å². The first-order valence-corrected chi connectivity index (χ1v) is 10.5. The van der Waals surface area contributed by atoms with Crippen LogP contribution >= 0.6 is 0 Å². The molecule has 0 saturated carbocycles. The Bertz CT molecular complexity index is 1080. The normalized spacial score (nSPS) is 13.6. The molecule has 32 heavy (non-hydrogen) atoms. The number of nitrogens with one attached hydrogen (secondary N) is 2. The molecule has 2 N–H and O–H groups in total. The topological polar surface area (TPSA) is 95.5 Å². The monoisotopic (exact) mass is 433 g/mol. The van der Waals surface area contributed by atoms with Crippen molar-refractivity contribution in [1.29, 1.82) is 0 Å². The molecule has 9 heteroatoms. The highest BCUT2D eigenvalue weighted by Gasteiger charge is 2.22. The van der Waals surface area contributed by atoms with Gasteiger partial charge in [0.2, 0.25) is 0 Å². The number of methoxy groups -OCH3 is 1. The Morgan fingerprint density at radius 3 is 2.41 bits per heavy atom. The molecule has 1 fully saturated rings. The molecule has 2 aromatic heterocycles. The number of pyridine rings is 1. The highest BCUT2D eigenvalue weighted by atomic mass is 16.5. The largest absolute Gasteiger partial charge is 0.497 e. The van der Waals surface area contributed by atoms with Gasteiger partial charge < -0.3 is 25.2 Å². The first kappa shape index (κ1) is 21.4. The number of benzene rings is 1. The van der Waals surface area contributed by atoms with Crippen molar-refractivity contribution in [1.82, 2.24) is 19.9 Å². The molecule has 3 aromatic rings. The molecule has 1 aliphatic heterocycles. The Balaban J connectivity index is 1.37. The summed E-state index contributed by atoms with van der Waals surface area (Å²) >= 11 is 0. The summed E-state index contributed by atoms with van der Waals surface area (Å²) in [5, 5.41) is 6.19. The Kier molecular flexibility index (Phi) is 6.34. The van der Waals surface area contributed by atoms with Crippen molar-refractivity contribution < 1.29 is 9.53 Å². The highest BCUT2D eigenvalue weighted by Crippen LogP contribution is 2.21. The van der Waals surface area contributed by atoms with Gasteiger partial charge in [-0.15, -0.1) is 0 Å². The Hall–Kier alpha value is -3.88. The number of carbonyl (C=O) groups is 1. The third kappa shape index (κ3) is 5.23. The molecule has 0 atom stereocenters. The van der Waals surface area contributed by atoms with E-state index in [0.29, 0.717) is 37.8 Å². The van der Waals surface area contributed by atoms with Gasteiger partial charge in [0.15, 0.2) is 0 Å². The van der Waals surface area contributed by atoms with E-state index in [1.807, 2.05) is 61.2 Å². The van der Waals surface area contributed by atoms with E-state index in [9.17, 15) is 4.79 Å². The van der Waals surface area contributed by atoms with Crippen molar-refractivity contribution in [2.24, 2.45) is 0 Å². The number of urea groups is 1. The van der Waals surface area contributed by atoms with Crippen LogP contribution in [0.3, 0.4) is 0 Å². The number of hydrogen-bond acceptors (Lipinski definition) is 7. The number of amides is 2. The number of rotatable bonds is 5. The molecule has 4 rings (SSSR count). The van der Waals surface area contributed by atoms with Gasteiger partial charge in [-0.2, -0.15) is 0 Å². The van der Waals surface area contributed by atoms with Crippen LogP contribution < -0.4 is 20.3 Å². The lowest BCUT2D eigenvalue weighted by Gasteiger charge is -2.35. The molecule has 0 bridgehead atoms. The molecule has 166 valence electrons. The number of anilines is 4. The van der Waals surface area contributed by atoms with E-state index in [1.165, 1.54) is 0 Å². The second-order valence-corrected chi connectivity index (χ2v) is 7.63. The quantitative estimate of drug-likeness (QED) is 0.635. The fourth-order valence-corrected chi connectivity index (χ4v) is 3.53. The zero-order valence-corrected chi connectivity index (χ0v) is 18.5. The van der Waals surface area contributed by atoms with Crippen LogP contribution in [0.1, 0.15) is 11.4 Å². The average molecular weight is 434 g/mol. The molecule has 9 nitrogen and oxygen atoms in total. The highest BCUT2D eigenvalue weighted by molar-refractivity contribution is 5.89. The summed E-state index contributed by atoms with van der Waals surface area (Å²) in [6.07, 6.45) is 1.77. The van der Waals surface area contributed by atoms with E-state index in [2.05, 4.69) is 30.5 Å². The summed E-state index contributed by atoms with van der Waals surface area (Å²) in [6, 6.07) is 13.0. The van der Waals surface area contributed by atoms with Crippen molar-refractivity contribution in [2.75, 3.05) is 48.8 Å². The second-order valence-electron chi connectivity index (χ2n) is 7.63. The lowest BCUT2D eigenvalue weighted by atomic mass is 10.3. The predicted molar refractivity (Wildman–Crippen MR) is 125 cm³/mol. The van der Waals surface area contributed by atoms with Gasteiger partial charge in [-0.05, 0) is 55.8 Å². The van der Waals surface area contributed by atoms with E-state index in [4.69, 9.17) is 4.74 Å². The van der Waals surface area contributed by atoms with Crippen LogP contribution in [0.4, 0.5) is 27.9 Å². The summed E-state index contributed by atoms with van der Waals surface area (Å²) in [5.74, 6) is 3.71. The fraction of sp³-hybridized carbons (Fsp3) is 0.304. The van der Waals surface area contributed by atoms with Crippen LogP contribution in [0, 0.1) is 13.8 Å². The molecule has 0 aliphatic carbocycles. The molecule has 1 aliphatic rings. The third-order valence-corrected chi connectivity index (χ3v) is 5.23. The zero-order chi connectivity index (χ0) is 22.5. The Morgan fingerprint density at radius 1 is 0.969 bits per heavy atom. The van der Waals surface area contributed by atoms with Gasteiger partial charge in [0.25, 0.3) is 0 Å². The van der Waals surface area contributed by atoms with Crippen LogP contribution in [0.5, 0.6) is 5.75 Å². The number of hydrogen-bond donors (Lipinski definition) is 2. The minimum atomic E-state index is -0.110. The first-order valence-electron chi connectivity index (χ1n) is 10.5. The molecule has 2 amide bonds. The predicted octanol–water partition coefficient (Wildman–Crippen LogP) is 3.59. The van der Waals surface area contributed by atoms with Crippen molar-refractivity contribution in [2.45, 2.75) is 13.8 Å². The number of nitrogens with zero attached hydrogens (tertiary/aromatic N) is 5. The van der Waals surface area contributed by atoms with Gasteiger partial charge in [-0.1, -0.05) is 0 Å². The van der Waals surface area contributed by atoms with Gasteiger partial charge in [0.1, 0.15) is 29.0 Å². The van der Waals surface area contributed by atoms with Crippen LogP contribution in [0.25, 0.3) is 0 Å². The lowest BCUT2D eigenvalue weighted by molar-refractivity contribution is 0.208. The molecule has 0 unspecified atom stereocenters. The molecule has 1 aromatic carbocycles. The molecule has 0 radical (unpaired) electrons. The van der Waals surface area contributed by atoms with Crippen LogP contribution in [-0.4, -0.2) is 59.2 Å². The summed E-state index contributed by atoms with van der Waals surface area (Å²) in [6.45, 7) is 6.48. The summed E-state index contributed by atoms with van der Waals surface area (Å²) in [7, 11) is 1.62. The van der Waals surface area contributed by atoms with E-state index in [0.717, 1.165) is 28.6 Å². The summed E-state index contributed by atoms with van der Waals surface area (Å²) < 4.78 is 5.15. The number of aromatic nitrogens is 3. The number of piperazine rings is 1. The summed E-state index contributed by atoms with van der Waals surface area (Å²) in [5.41, 5.74) is 1.86. The SMILES string of the molecule is COc1ccc(NC(=O)N2CCN(c3cc(Nc4cc(C)ccn4)nc(C)n3)CC2)cc1. The number of aryl methyl sites for hydroxylation is 2. The van der Waals surface area contributed by atoms with Gasteiger partial charge in [0, 0.05) is 44.1 Å². The molecule has 3 heterocycles. The van der Waals surface area contributed by atoms with Gasteiger partial charge in [0.05, 0.1) is 7.11 Å². The lowest BCUT2D eigenvalue weighted by Crippen LogP contribution is -2.50. The molecule has 0 spiro atoms. The maximum atomic E-state index is 12.6. The minimum Gasteiger partial charge on any atom is -0.497 e. The third-order valence-electron chi connectivity index (χ3n) is 5.23. The number of ether oxygens (including phenoxy) is 1. The van der Waals surface area contributed by atoms with Crippen molar-refractivity contribution >= 4 is 29.2 Å². The van der Waals surface area contributed by atoms with E-state index in [-0.39, 0.29) is 6.03 Å². The average Bonchev–Trinajstić information content (AvgIpc) is 2.79. The van der Waals surface area contributed by atoms with E-state index in [1.54, 1.807) is 13.3 Å². The first-order chi connectivity index (χ1) is 15.5. The van der Waals surface area contributed by atoms with E-state index >= 15 is 0 Å². The Morgan fingerprint density at radius 2 is 1.72 bits per heavy atom. The summed E-state index contributed by atoms with van der Waals surface area (Å²) in [4.78, 5) is 30.0. The molecular weight excluding hydrogens is 406 g/mol. The van der Waals surface area contributed by atoms with Crippen LogP contribution in [0.2, 0.25) is 0 Å². The van der Waals surface area contributed by atoms with E-state index < -0.39 is 0 Å². The maximum absolute atomic E-state index is 12.6. The second kappa shape index (κ2) is 9.51. The van der Waals surface area contributed by atoms with Crippen molar-refractivity contribution in [3.05, 3.63) is 60.0 Å². The van der Waals surface area contributed by atoms with Gasteiger partial charge >= 0.3 is 6.03 Å². The van der Waals surface area contributed by atoms with Crippen molar-refractivity contribution in [3.63, 3.8) is 0 Å².